The van der Waals surface area contributed by atoms with E-state index in [4.69, 9.17) is 0 Å². The van der Waals surface area contributed by atoms with E-state index in [1.54, 1.807) is 19.2 Å². The molecule has 3 N–H and O–H groups in total. The Bertz CT molecular complexity index is 955. The molecule has 5 atom stereocenters. The topological polar surface area (TPSA) is 99.5 Å². The molecule has 1 aliphatic heterocycles. The molecule has 0 spiro atoms. The van der Waals surface area contributed by atoms with Crippen LogP contribution in [0.15, 0.2) is 22.9 Å². The monoisotopic (exact) mass is 522 g/mol. The number of allylic oxidation sites excluding steroid dienone is 1. The van der Waals surface area contributed by atoms with E-state index < -0.39 is 41.3 Å². The third-order valence-corrected chi connectivity index (χ3v) is 8.09. The Morgan fingerprint density at radius 1 is 1.31 bits per heavy atom. The first-order valence-corrected chi connectivity index (χ1v) is 13.9. The summed E-state index contributed by atoms with van der Waals surface area (Å²) in [4.78, 5) is 30.7. The average Bonchev–Trinajstić information content (AvgIpc) is 3.22. The van der Waals surface area contributed by atoms with Crippen LogP contribution in [0.25, 0.3) is 6.08 Å². The Morgan fingerprint density at radius 3 is 2.61 bits per heavy atom. The summed E-state index contributed by atoms with van der Waals surface area (Å²) in [6.07, 6.45) is 4.70. The van der Waals surface area contributed by atoms with Crippen LogP contribution in [0.4, 0.5) is 4.39 Å². The number of Topliss-reactive ketones (excluding diaryl/α,β-unsaturated/α-hetero) is 1. The van der Waals surface area contributed by atoms with Crippen molar-refractivity contribution in [2.24, 2.45) is 17.3 Å². The maximum Gasteiger partial charge on any atom is 0.223 e. The summed E-state index contributed by atoms with van der Waals surface area (Å²) >= 11 is 1.42. The third kappa shape index (κ3) is 8.32. The lowest BCUT2D eigenvalue weighted by molar-refractivity contribution is -0.144. The molecule has 202 valence electrons. The predicted octanol–water partition coefficient (Wildman–Crippen LogP) is 5.53. The standard InChI is InChI=1S/C28H43FN2O4S/c1-7-9-21-26(34)18(3)11-8-10-17(2)12-13-23(22(29)14-20-16-36-19(4)30-20)31-25(33)15-24(32)28(5,6)27(21)35/h12,14,16,18,21,23-24,26,32,34H,7-11,13,15H2,1-6H3,(H,31,33)/b17-12-,22-14-/t18-,21+,23-,24-,26-/m0/s1. The molecule has 1 aromatic heterocycles. The number of thiazole rings is 1. The van der Waals surface area contributed by atoms with E-state index in [0.717, 1.165) is 36.3 Å². The predicted molar refractivity (Wildman–Crippen MR) is 143 cm³/mol. The quantitative estimate of drug-likeness (QED) is 0.452. The molecule has 2 rings (SSSR count). The second-order valence-corrected chi connectivity index (χ2v) is 11.9. The number of rotatable bonds is 4. The molecule has 1 aliphatic rings. The van der Waals surface area contributed by atoms with Gasteiger partial charge in [-0.15, -0.1) is 11.3 Å². The molecule has 0 unspecified atom stereocenters. The maximum atomic E-state index is 15.3. The Hall–Kier alpha value is -1.90. The van der Waals surface area contributed by atoms with Gasteiger partial charge >= 0.3 is 0 Å². The van der Waals surface area contributed by atoms with Gasteiger partial charge in [0, 0.05) is 11.3 Å². The number of hydrogen-bond acceptors (Lipinski definition) is 6. The van der Waals surface area contributed by atoms with Crippen molar-refractivity contribution in [2.75, 3.05) is 0 Å². The van der Waals surface area contributed by atoms with Crippen LogP contribution in [0, 0.1) is 24.2 Å². The summed E-state index contributed by atoms with van der Waals surface area (Å²) in [5.74, 6) is -1.99. The molecular formula is C28H43FN2O4S. The highest BCUT2D eigenvalue weighted by molar-refractivity contribution is 7.09. The van der Waals surface area contributed by atoms with Gasteiger partial charge in [0.15, 0.2) is 0 Å². The highest BCUT2D eigenvalue weighted by Crippen LogP contribution is 2.34. The first kappa shape index (κ1) is 30.3. The fourth-order valence-electron chi connectivity index (χ4n) is 4.71. The van der Waals surface area contributed by atoms with Crippen LogP contribution >= 0.6 is 11.3 Å². The summed E-state index contributed by atoms with van der Waals surface area (Å²) in [6, 6.07) is -0.901. The highest BCUT2D eigenvalue weighted by atomic mass is 32.1. The van der Waals surface area contributed by atoms with E-state index in [1.807, 2.05) is 33.8 Å². The third-order valence-electron chi connectivity index (χ3n) is 7.30. The van der Waals surface area contributed by atoms with Gasteiger partial charge in [-0.1, -0.05) is 45.8 Å². The van der Waals surface area contributed by atoms with E-state index in [1.165, 1.54) is 17.4 Å². The first-order valence-electron chi connectivity index (χ1n) is 13.0. The molecule has 1 aromatic rings. The van der Waals surface area contributed by atoms with Crippen LogP contribution in [0.3, 0.4) is 0 Å². The smallest absolute Gasteiger partial charge is 0.223 e. The molecule has 0 saturated carbocycles. The largest absolute Gasteiger partial charge is 0.392 e. The summed E-state index contributed by atoms with van der Waals surface area (Å²) in [7, 11) is 0. The van der Waals surface area contributed by atoms with Crippen molar-refractivity contribution in [3.8, 4) is 0 Å². The summed E-state index contributed by atoms with van der Waals surface area (Å²) in [5, 5.41) is 27.3. The number of carbonyl (C=O) groups is 2. The van der Waals surface area contributed by atoms with Crippen LogP contribution in [-0.4, -0.2) is 45.1 Å². The van der Waals surface area contributed by atoms with Gasteiger partial charge in [0.2, 0.25) is 5.91 Å². The van der Waals surface area contributed by atoms with Crippen molar-refractivity contribution in [3.05, 3.63) is 33.6 Å². The van der Waals surface area contributed by atoms with E-state index in [2.05, 4.69) is 10.3 Å². The van der Waals surface area contributed by atoms with Gasteiger partial charge in [-0.2, -0.15) is 0 Å². The van der Waals surface area contributed by atoms with Gasteiger partial charge in [0.05, 0.1) is 40.8 Å². The zero-order valence-corrected chi connectivity index (χ0v) is 23.3. The van der Waals surface area contributed by atoms with Gasteiger partial charge in [0.25, 0.3) is 0 Å². The summed E-state index contributed by atoms with van der Waals surface area (Å²) < 4.78 is 15.3. The van der Waals surface area contributed by atoms with E-state index in [0.29, 0.717) is 12.1 Å². The second kappa shape index (κ2) is 13.6. The summed E-state index contributed by atoms with van der Waals surface area (Å²) in [6.45, 7) is 11.0. The number of amides is 1. The van der Waals surface area contributed by atoms with Crippen molar-refractivity contribution >= 4 is 29.1 Å². The van der Waals surface area contributed by atoms with E-state index in [-0.39, 0.29) is 24.5 Å². The van der Waals surface area contributed by atoms with Crippen molar-refractivity contribution in [1.82, 2.24) is 10.3 Å². The van der Waals surface area contributed by atoms with E-state index >= 15 is 4.39 Å². The molecule has 0 fully saturated rings. The number of ketones is 1. The molecule has 0 saturated heterocycles. The van der Waals surface area contributed by atoms with Crippen molar-refractivity contribution in [3.63, 3.8) is 0 Å². The number of aliphatic hydroxyl groups excluding tert-OH is 2. The van der Waals surface area contributed by atoms with Crippen molar-refractivity contribution in [1.29, 1.82) is 0 Å². The van der Waals surface area contributed by atoms with Gasteiger partial charge < -0.3 is 15.5 Å². The highest BCUT2D eigenvalue weighted by Gasteiger charge is 2.43. The fourth-order valence-corrected chi connectivity index (χ4v) is 5.28. The lowest BCUT2D eigenvalue weighted by atomic mass is 9.71. The molecule has 8 heteroatoms. The number of halogens is 1. The summed E-state index contributed by atoms with van der Waals surface area (Å²) in [5.41, 5.74) is 0.328. The van der Waals surface area contributed by atoms with Crippen LogP contribution in [0.1, 0.15) is 90.3 Å². The fraction of sp³-hybridized carbons (Fsp3) is 0.679. The van der Waals surface area contributed by atoms with E-state index in [9.17, 15) is 19.8 Å². The number of aromatic nitrogens is 1. The van der Waals surface area contributed by atoms with Crippen LogP contribution in [0.2, 0.25) is 0 Å². The molecule has 0 radical (unpaired) electrons. The number of hydrogen-bond donors (Lipinski definition) is 3. The number of nitrogens with one attached hydrogen (secondary N) is 1. The molecule has 1 amide bonds. The van der Waals surface area contributed by atoms with Crippen molar-refractivity contribution < 1.29 is 24.2 Å². The Morgan fingerprint density at radius 2 is 2.00 bits per heavy atom. The maximum absolute atomic E-state index is 15.3. The molecular weight excluding hydrogens is 479 g/mol. The second-order valence-electron chi connectivity index (χ2n) is 10.8. The van der Waals surface area contributed by atoms with Gasteiger partial charge in [-0.05, 0) is 57.9 Å². The zero-order valence-electron chi connectivity index (χ0n) is 22.5. The normalized spacial score (nSPS) is 31.0. The molecule has 2 heterocycles. The SMILES string of the molecule is CCC[C@H]1C(=O)C(C)(C)[C@@H](O)CC(=O)N[C@H](/C(F)=C/c2csc(C)n2)C/C=C(/C)CCC[C@H](C)[C@@H]1O. The lowest BCUT2D eigenvalue weighted by Gasteiger charge is -2.36. The van der Waals surface area contributed by atoms with Crippen LogP contribution in [0.5, 0.6) is 0 Å². The van der Waals surface area contributed by atoms with Gasteiger partial charge in [-0.25, -0.2) is 9.37 Å². The minimum atomic E-state index is -1.27. The molecule has 6 nitrogen and oxygen atoms in total. The Labute approximate surface area is 219 Å². The molecule has 36 heavy (non-hydrogen) atoms. The van der Waals surface area contributed by atoms with Gasteiger partial charge in [0.1, 0.15) is 11.6 Å². The average molecular weight is 523 g/mol. The Balaban J connectivity index is 2.36. The number of aryl methyl sites for hydroxylation is 1. The minimum absolute atomic E-state index is 0.0860. The van der Waals surface area contributed by atoms with Crippen LogP contribution < -0.4 is 5.32 Å². The number of nitrogens with zero attached hydrogens (tertiary/aromatic N) is 1. The van der Waals surface area contributed by atoms with Gasteiger partial charge in [-0.3, -0.25) is 9.59 Å². The Kier molecular flexibility index (Phi) is 11.4. The van der Waals surface area contributed by atoms with Crippen LogP contribution in [-0.2, 0) is 9.59 Å². The molecule has 0 aliphatic carbocycles. The number of carbonyl (C=O) groups excluding carboxylic acids is 2. The molecule has 0 aromatic carbocycles. The number of aliphatic hydroxyl groups is 2. The first-order chi connectivity index (χ1) is 16.9. The van der Waals surface area contributed by atoms with Crippen molar-refractivity contribution in [2.45, 2.75) is 105 Å². The lowest BCUT2D eigenvalue weighted by Crippen LogP contribution is -2.48. The minimum Gasteiger partial charge on any atom is -0.392 e. The molecule has 0 bridgehead atoms. The zero-order chi connectivity index (χ0) is 27.0.